The van der Waals surface area contributed by atoms with Gasteiger partial charge in [-0.2, -0.15) is 9.97 Å². The molecule has 2 aromatic heterocycles. The molecule has 6 nitrogen and oxygen atoms in total. The number of piperidine rings is 1. The van der Waals surface area contributed by atoms with Crippen molar-refractivity contribution in [2.75, 3.05) is 18.5 Å². The highest BCUT2D eigenvalue weighted by Gasteiger charge is 2.24. The lowest BCUT2D eigenvalue weighted by Crippen LogP contribution is -2.38. The zero-order valence-electron chi connectivity index (χ0n) is 17.2. The van der Waals surface area contributed by atoms with E-state index in [1.54, 1.807) is 6.07 Å². The van der Waals surface area contributed by atoms with Crippen molar-refractivity contribution in [3.63, 3.8) is 0 Å². The second-order valence-corrected chi connectivity index (χ2v) is 9.84. The van der Waals surface area contributed by atoms with E-state index in [0.717, 1.165) is 43.5 Å². The molecule has 3 aromatic rings. The predicted molar refractivity (Wildman–Crippen MR) is 126 cm³/mol. The molecule has 1 aromatic carbocycles. The highest BCUT2D eigenvalue weighted by molar-refractivity contribution is 6.34. The molecule has 0 unspecified atom stereocenters. The van der Waals surface area contributed by atoms with Crippen molar-refractivity contribution in [2.24, 2.45) is 5.92 Å². The molecule has 0 amide bonds. The Morgan fingerprint density at radius 3 is 2.35 bits per heavy atom. The smallest absolute Gasteiger partial charge is 0.226 e. The molecule has 31 heavy (non-hydrogen) atoms. The molecule has 9 heteroatoms. The van der Waals surface area contributed by atoms with Crippen molar-refractivity contribution in [3.8, 4) is 0 Å². The summed E-state index contributed by atoms with van der Waals surface area (Å²) in [4.78, 5) is 13.5. The normalized spacial score (nSPS) is 18.8. The van der Waals surface area contributed by atoms with E-state index in [9.17, 15) is 0 Å². The monoisotopic (exact) mass is 478 g/mol. The van der Waals surface area contributed by atoms with Crippen LogP contribution in [0.5, 0.6) is 0 Å². The number of aromatic nitrogens is 4. The number of anilines is 1. The average molecular weight is 480 g/mol. The fourth-order valence-electron chi connectivity index (χ4n) is 4.88. The standard InChI is InChI=1S/C22H25Cl3N6/c23-16-10-15(11-17(24)12-16)9-14-5-7-30(8-6-14)29-20-19-21(28-22(25)27-20)31(13-26-19)18-3-1-2-4-18/h10-14,18H,1-9H2,(H,27,28,29). The average Bonchev–Trinajstić information content (AvgIpc) is 3.38. The largest absolute Gasteiger partial charge is 0.312 e. The van der Waals surface area contributed by atoms with Crippen LogP contribution in [-0.4, -0.2) is 37.6 Å². The van der Waals surface area contributed by atoms with Crippen LogP contribution in [0, 0.1) is 5.92 Å². The first-order valence-corrected chi connectivity index (χ1v) is 12.0. The third-order valence-corrected chi connectivity index (χ3v) is 7.04. The van der Waals surface area contributed by atoms with Crippen LogP contribution >= 0.6 is 34.8 Å². The molecular formula is C22H25Cl3N6. The minimum Gasteiger partial charge on any atom is -0.312 e. The van der Waals surface area contributed by atoms with E-state index in [1.807, 2.05) is 18.5 Å². The van der Waals surface area contributed by atoms with Crippen LogP contribution in [0.3, 0.4) is 0 Å². The number of nitrogens with one attached hydrogen (secondary N) is 1. The number of hydrazine groups is 1. The van der Waals surface area contributed by atoms with Crippen LogP contribution in [0.4, 0.5) is 5.82 Å². The lowest BCUT2D eigenvalue weighted by atomic mass is 9.91. The van der Waals surface area contributed by atoms with Gasteiger partial charge in [-0.1, -0.05) is 36.0 Å². The van der Waals surface area contributed by atoms with Gasteiger partial charge in [0.2, 0.25) is 5.28 Å². The topological polar surface area (TPSA) is 58.9 Å². The van der Waals surface area contributed by atoms with Crippen LogP contribution in [0.15, 0.2) is 24.5 Å². The lowest BCUT2D eigenvalue weighted by molar-refractivity contribution is 0.216. The number of halogens is 3. The molecule has 2 fully saturated rings. The molecule has 0 atom stereocenters. The molecule has 0 spiro atoms. The Bertz CT molecular complexity index is 1050. The SMILES string of the molecule is Clc1cc(Cl)cc(CC2CCN(Nc3nc(Cl)nc4c3ncn4C3CCCC3)CC2)c1. The Kier molecular flexibility index (Phi) is 6.24. The summed E-state index contributed by atoms with van der Waals surface area (Å²) in [7, 11) is 0. The van der Waals surface area contributed by atoms with Crippen molar-refractivity contribution in [3.05, 3.63) is 45.4 Å². The van der Waals surface area contributed by atoms with Crippen LogP contribution in [0.1, 0.15) is 50.1 Å². The maximum Gasteiger partial charge on any atom is 0.226 e. The third-order valence-electron chi connectivity index (χ3n) is 6.44. The summed E-state index contributed by atoms with van der Waals surface area (Å²) < 4.78 is 2.17. The van der Waals surface area contributed by atoms with E-state index in [0.29, 0.717) is 27.8 Å². The number of nitrogens with zero attached hydrogens (tertiary/aromatic N) is 5. The number of hydrogen-bond donors (Lipinski definition) is 1. The van der Waals surface area contributed by atoms with Gasteiger partial charge in [0.25, 0.3) is 0 Å². The number of benzene rings is 1. The fourth-order valence-corrected chi connectivity index (χ4v) is 5.61. The summed E-state index contributed by atoms with van der Waals surface area (Å²) in [6, 6.07) is 6.26. The van der Waals surface area contributed by atoms with E-state index in [1.165, 1.54) is 31.2 Å². The Labute approximate surface area is 196 Å². The molecule has 1 N–H and O–H groups in total. The Balaban J connectivity index is 1.26. The number of rotatable bonds is 5. The van der Waals surface area contributed by atoms with E-state index in [4.69, 9.17) is 34.8 Å². The molecule has 1 saturated heterocycles. The molecule has 0 radical (unpaired) electrons. The zero-order valence-corrected chi connectivity index (χ0v) is 19.5. The molecule has 5 rings (SSSR count). The van der Waals surface area contributed by atoms with E-state index in [2.05, 4.69) is 30.0 Å². The summed E-state index contributed by atoms with van der Waals surface area (Å²) in [5.74, 6) is 1.29. The molecule has 1 saturated carbocycles. The summed E-state index contributed by atoms with van der Waals surface area (Å²) >= 11 is 18.6. The van der Waals surface area contributed by atoms with E-state index in [-0.39, 0.29) is 5.28 Å². The van der Waals surface area contributed by atoms with Crippen LogP contribution in [-0.2, 0) is 6.42 Å². The predicted octanol–water partition coefficient (Wildman–Crippen LogP) is 6.18. The van der Waals surface area contributed by atoms with Gasteiger partial charge in [0.15, 0.2) is 17.0 Å². The molecular weight excluding hydrogens is 455 g/mol. The molecule has 2 aliphatic rings. The van der Waals surface area contributed by atoms with Crippen LogP contribution in [0.25, 0.3) is 11.2 Å². The van der Waals surface area contributed by atoms with Crippen molar-refractivity contribution in [2.45, 2.75) is 51.0 Å². The second kappa shape index (κ2) is 9.10. The van der Waals surface area contributed by atoms with Crippen LogP contribution < -0.4 is 5.43 Å². The second-order valence-electron chi connectivity index (χ2n) is 8.63. The maximum absolute atomic E-state index is 6.27. The summed E-state index contributed by atoms with van der Waals surface area (Å²) in [5.41, 5.74) is 6.26. The molecule has 1 aliphatic heterocycles. The van der Waals surface area contributed by atoms with Crippen molar-refractivity contribution in [1.29, 1.82) is 0 Å². The van der Waals surface area contributed by atoms with Gasteiger partial charge in [-0.15, -0.1) is 0 Å². The van der Waals surface area contributed by atoms with Gasteiger partial charge >= 0.3 is 0 Å². The van der Waals surface area contributed by atoms with Gasteiger partial charge < -0.3 is 9.99 Å². The first-order valence-electron chi connectivity index (χ1n) is 10.9. The Morgan fingerprint density at radius 1 is 0.935 bits per heavy atom. The summed E-state index contributed by atoms with van der Waals surface area (Å²) in [6.07, 6.45) is 9.88. The number of fused-ring (bicyclic) bond motifs is 1. The van der Waals surface area contributed by atoms with E-state index < -0.39 is 0 Å². The summed E-state index contributed by atoms with van der Waals surface area (Å²) in [5, 5.41) is 3.85. The highest BCUT2D eigenvalue weighted by atomic mass is 35.5. The Morgan fingerprint density at radius 2 is 1.65 bits per heavy atom. The lowest BCUT2D eigenvalue weighted by Gasteiger charge is -2.32. The molecule has 0 bridgehead atoms. The van der Waals surface area contributed by atoms with Crippen molar-refractivity contribution in [1.82, 2.24) is 24.5 Å². The van der Waals surface area contributed by atoms with Gasteiger partial charge in [-0.05, 0) is 73.4 Å². The molecule has 1 aliphatic carbocycles. The first kappa shape index (κ1) is 21.3. The quantitative estimate of drug-likeness (QED) is 0.443. The fraction of sp³-hybridized carbons (Fsp3) is 0.500. The highest BCUT2D eigenvalue weighted by Crippen LogP contribution is 2.33. The first-order chi connectivity index (χ1) is 15.0. The van der Waals surface area contributed by atoms with Crippen LogP contribution in [0.2, 0.25) is 15.3 Å². The molecule has 3 heterocycles. The third kappa shape index (κ3) is 4.77. The van der Waals surface area contributed by atoms with E-state index >= 15 is 0 Å². The van der Waals surface area contributed by atoms with Gasteiger partial charge in [0.1, 0.15) is 0 Å². The zero-order chi connectivity index (χ0) is 21.4. The minimum absolute atomic E-state index is 0.252. The number of hydrogen-bond acceptors (Lipinski definition) is 5. The maximum atomic E-state index is 6.27. The Hall–Kier alpha value is -1.60. The van der Waals surface area contributed by atoms with Gasteiger partial charge in [0.05, 0.1) is 6.33 Å². The van der Waals surface area contributed by atoms with Crippen molar-refractivity contribution < 1.29 is 0 Å². The van der Waals surface area contributed by atoms with Gasteiger partial charge in [-0.3, -0.25) is 0 Å². The van der Waals surface area contributed by atoms with Crippen molar-refractivity contribution >= 4 is 51.8 Å². The number of imidazole rings is 1. The minimum atomic E-state index is 0.252. The summed E-state index contributed by atoms with van der Waals surface area (Å²) in [6.45, 7) is 1.84. The molecule has 164 valence electrons. The van der Waals surface area contributed by atoms with Gasteiger partial charge in [-0.25, -0.2) is 9.99 Å². The van der Waals surface area contributed by atoms with Gasteiger partial charge in [0, 0.05) is 29.2 Å².